The minimum atomic E-state index is -1.02. The molecule has 0 aliphatic rings. The highest BCUT2D eigenvalue weighted by Crippen LogP contribution is 2.33. The second-order valence-corrected chi connectivity index (χ2v) is 9.28. The number of halogens is 3. The topological polar surface area (TPSA) is 23.8 Å². The standard InChI is InChI=1S/C25H16F3NS2/c1-2-3-4-17-12-24-25(30-17)13-18(31-24)7-5-15-6-8-19(21(26)9-15)16-10-22(27)20(14-29)23(28)11-16/h6,8-13H,2-4H2,1H3. The van der Waals surface area contributed by atoms with Crippen molar-refractivity contribution in [2.45, 2.75) is 26.2 Å². The Balaban J connectivity index is 1.57. The highest BCUT2D eigenvalue weighted by Gasteiger charge is 2.14. The summed E-state index contributed by atoms with van der Waals surface area (Å²) in [5.41, 5.74) is -0.135. The molecule has 0 aliphatic heterocycles. The van der Waals surface area contributed by atoms with Crippen LogP contribution in [0.4, 0.5) is 13.2 Å². The Labute approximate surface area is 186 Å². The maximum absolute atomic E-state index is 14.6. The van der Waals surface area contributed by atoms with Crippen molar-refractivity contribution in [3.63, 3.8) is 0 Å². The summed E-state index contributed by atoms with van der Waals surface area (Å²) in [5.74, 6) is 3.36. The van der Waals surface area contributed by atoms with Gasteiger partial charge in [-0.15, -0.1) is 22.7 Å². The Morgan fingerprint density at radius 2 is 1.61 bits per heavy atom. The van der Waals surface area contributed by atoms with Crippen LogP contribution in [0.3, 0.4) is 0 Å². The van der Waals surface area contributed by atoms with E-state index in [0.717, 1.165) is 23.4 Å². The number of unbranched alkanes of at least 4 members (excludes halogenated alkanes) is 1. The van der Waals surface area contributed by atoms with Gasteiger partial charge in [0, 0.05) is 25.4 Å². The molecular formula is C25H16F3NS2. The van der Waals surface area contributed by atoms with Crippen molar-refractivity contribution in [2.75, 3.05) is 0 Å². The normalized spacial score (nSPS) is 10.7. The lowest BCUT2D eigenvalue weighted by Gasteiger charge is -2.06. The number of aryl methyl sites for hydroxylation is 1. The number of thiophene rings is 2. The van der Waals surface area contributed by atoms with Gasteiger partial charge in [-0.3, -0.25) is 0 Å². The fourth-order valence-electron chi connectivity index (χ4n) is 3.22. The van der Waals surface area contributed by atoms with Gasteiger partial charge in [-0.05, 0) is 54.8 Å². The summed E-state index contributed by atoms with van der Waals surface area (Å²) in [6.45, 7) is 2.18. The molecule has 0 radical (unpaired) electrons. The van der Waals surface area contributed by atoms with E-state index in [-0.39, 0.29) is 11.1 Å². The number of fused-ring (bicyclic) bond motifs is 1. The minimum absolute atomic E-state index is 0.0309. The largest absolute Gasteiger partial charge is 0.206 e. The molecule has 0 amide bonds. The van der Waals surface area contributed by atoms with Gasteiger partial charge in [0.25, 0.3) is 0 Å². The van der Waals surface area contributed by atoms with E-state index >= 15 is 0 Å². The van der Waals surface area contributed by atoms with Gasteiger partial charge in [0.15, 0.2) is 0 Å². The third-order valence-electron chi connectivity index (χ3n) is 4.80. The van der Waals surface area contributed by atoms with Crippen LogP contribution >= 0.6 is 22.7 Å². The Kier molecular flexibility index (Phi) is 6.13. The van der Waals surface area contributed by atoms with Crippen molar-refractivity contribution >= 4 is 32.1 Å². The molecule has 0 saturated carbocycles. The van der Waals surface area contributed by atoms with Gasteiger partial charge < -0.3 is 0 Å². The van der Waals surface area contributed by atoms with Gasteiger partial charge in [0.1, 0.15) is 29.1 Å². The molecule has 0 bridgehead atoms. The number of nitriles is 1. The second-order valence-electron chi connectivity index (χ2n) is 7.03. The van der Waals surface area contributed by atoms with Gasteiger partial charge in [-0.2, -0.15) is 5.26 Å². The third-order valence-corrected chi connectivity index (χ3v) is 7.07. The monoisotopic (exact) mass is 451 g/mol. The average molecular weight is 452 g/mol. The maximum atomic E-state index is 14.6. The van der Waals surface area contributed by atoms with Crippen molar-refractivity contribution in [2.24, 2.45) is 0 Å². The van der Waals surface area contributed by atoms with Gasteiger partial charge in [-0.25, -0.2) is 13.2 Å². The van der Waals surface area contributed by atoms with Crippen LogP contribution in [0.25, 0.3) is 20.5 Å². The van der Waals surface area contributed by atoms with Crippen LogP contribution in [0, 0.1) is 40.6 Å². The zero-order valence-corrected chi connectivity index (χ0v) is 18.2. The van der Waals surface area contributed by atoms with Crippen molar-refractivity contribution in [3.05, 3.63) is 80.8 Å². The van der Waals surface area contributed by atoms with E-state index in [1.165, 1.54) is 45.3 Å². The molecule has 154 valence electrons. The van der Waals surface area contributed by atoms with Crippen molar-refractivity contribution < 1.29 is 13.2 Å². The molecule has 2 aromatic heterocycles. The van der Waals surface area contributed by atoms with E-state index < -0.39 is 23.0 Å². The van der Waals surface area contributed by atoms with Crippen LogP contribution in [-0.2, 0) is 6.42 Å². The zero-order valence-electron chi connectivity index (χ0n) is 16.6. The molecule has 0 saturated heterocycles. The van der Waals surface area contributed by atoms with Crippen LogP contribution in [-0.4, -0.2) is 0 Å². The lowest BCUT2D eigenvalue weighted by molar-refractivity contribution is 0.577. The number of nitrogens with zero attached hydrogens (tertiary/aromatic N) is 1. The minimum Gasteiger partial charge on any atom is -0.206 e. The van der Waals surface area contributed by atoms with E-state index in [1.807, 2.05) is 0 Å². The molecule has 0 aliphatic carbocycles. The summed E-state index contributed by atoms with van der Waals surface area (Å²) in [7, 11) is 0. The first-order valence-corrected chi connectivity index (χ1v) is 11.3. The summed E-state index contributed by atoms with van der Waals surface area (Å²) in [4.78, 5) is 2.29. The molecule has 0 fully saturated rings. The summed E-state index contributed by atoms with van der Waals surface area (Å²) in [6.07, 6.45) is 3.46. The summed E-state index contributed by atoms with van der Waals surface area (Å²) >= 11 is 3.40. The van der Waals surface area contributed by atoms with E-state index in [2.05, 4.69) is 30.9 Å². The lowest BCUT2D eigenvalue weighted by Crippen LogP contribution is -1.94. The number of hydrogen-bond donors (Lipinski definition) is 0. The summed E-state index contributed by atoms with van der Waals surface area (Å²) in [6, 6.07) is 11.9. The highest BCUT2D eigenvalue weighted by atomic mass is 32.1. The number of hydrogen-bond acceptors (Lipinski definition) is 3. The summed E-state index contributed by atoms with van der Waals surface area (Å²) < 4.78 is 44.7. The van der Waals surface area contributed by atoms with Gasteiger partial charge >= 0.3 is 0 Å². The molecule has 0 spiro atoms. The first-order chi connectivity index (χ1) is 15.0. The molecule has 31 heavy (non-hydrogen) atoms. The molecule has 2 aromatic carbocycles. The first kappa shape index (κ1) is 21.2. The summed E-state index contributed by atoms with van der Waals surface area (Å²) in [5, 5.41) is 8.77. The van der Waals surface area contributed by atoms with Crippen LogP contribution in [0.5, 0.6) is 0 Å². The quantitative estimate of drug-likeness (QED) is 0.292. The smallest absolute Gasteiger partial charge is 0.144 e. The average Bonchev–Trinajstić information content (AvgIpc) is 3.29. The molecule has 0 atom stereocenters. The van der Waals surface area contributed by atoms with Crippen LogP contribution in [0.1, 0.15) is 40.6 Å². The third kappa shape index (κ3) is 4.51. The van der Waals surface area contributed by atoms with E-state index in [1.54, 1.807) is 28.7 Å². The molecule has 6 heteroatoms. The number of benzene rings is 2. The second kappa shape index (κ2) is 8.98. The predicted molar refractivity (Wildman–Crippen MR) is 121 cm³/mol. The molecular weight excluding hydrogens is 435 g/mol. The van der Waals surface area contributed by atoms with Crippen LogP contribution in [0.2, 0.25) is 0 Å². The molecule has 4 rings (SSSR count). The predicted octanol–water partition coefficient (Wildman–Crippen LogP) is 7.66. The Morgan fingerprint density at radius 3 is 2.26 bits per heavy atom. The Hall–Kier alpha value is -3.06. The highest BCUT2D eigenvalue weighted by molar-refractivity contribution is 7.28. The first-order valence-electron chi connectivity index (χ1n) is 9.72. The van der Waals surface area contributed by atoms with E-state index in [4.69, 9.17) is 5.26 Å². The SMILES string of the molecule is CCCCc1cc2sc(C#Cc3ccc(-c4cc(F)c(C#N)c(F)c4)c(F)c3)cc2s1. The fraction of sp³-hybridized carbons (Fsp3) is 0.160. The van der Waals surface area contributed by atoms with E-state index in [9.17, 15) is 13.2 Å². The van der Waals surface area contributed by atoms with Gasteiger partial charge in [0.2, 0.25) is 0 Å². The van der Waals surface area contributed by atoms with Crippen molar-refractivity contribution in [1.82, 2.24) is 0 Å². The van der Waals surface area contributed by atoms with Crippen LogP contribution in [0.15, 0.2) is 42.5 Å². The van der Waals surface area contributed by atoms with Gasteiger partial charge in [0.05, 0.1) is 4.88 Å². The molecule has 2 heterocycles. The molecule has 4 aromatic rings. The van der Waals surface area contributed by atoms with Crippen molar-refractivity contribution in [3.8, 4) is 29.0 Å². The lowest BCUT2D eigenvalue weighted by atomic mass is 10.0. The molecule has 0 unspecified atom stereocenters. The van der Waals surface area contributed by atoms with E-state index in [0.29, 0.717) is 5.56 Å². The Bertz CT molecular complexity index is 1330. The molecule has 1 nitrogen and oxygen atoms in total. The number of rotatable bonds is 4. The van der Waals surface area contributed by atoms with Crippen LogP contribution < -0.4 is 0 Å². The van der Waals surface area contributed by atoms with Gasteiger partial charge in [-0.1, -0.05) is 31.3 Å². The fourth-order valence-corrected chi connectivity index (χ4v) is 5.54. The maximum Gasteiger partial charge on any atom is 0.144 e. The van der Waals surface area contributed by atoms with Crippen molar-refractivity contribution in [1.29, 1.82) is 5.26 Å². The zero-order chi connectivity index (χ0) is 22.0. The Morgan fingerprint density at radius 1 is 0.871 bits per heavy atom. The molecule has 0 N–H and O–H groups in total.